The number of amides is 1. The third-order valence-corrected chi connectivity index (χ3v) is 1.92. The maximum absolute atomic E-state index is 11.2. The summed E-state index contributed by atoms with van der Waals surface area (Å²) in [6, 6.07) is 1.87. The second-order valence-electron chi connectivity index (χ2n) is 2.82. The minimum Gasteiger partial charge on any atom is -0.340 e. The highest BCUT2D eigenvalue weighted by atomic mass is 16.2. The van der Waals surface area contributed by atoms with Crippen LogP contribution in [0, 0.1) is 11.3 Å². The highest BCUT2D eigenvalue weighted by Crippen LogP contribution is 1.97. The van der Waals surface area contributed by atoms with E-state index in [4.69, 9.17) is 5.26 Å². The van der Waals surface area contributed by atoms with Crippen molar-refractivity contribution in [2.24, 2.45) is 0 Å². The fraction of sp³-hybridized carbons (Fsp3) is 0.750. The summed E-state index contributed by atoms with van der Waals surface area (Å²) in [6.07, 6.45) is 0.997. The minimum absolute atomic E-state index is 0.0139. The summed E-state index contributed by atoms with van der Waals surface area (Å²) in [6.45, 7) is 3.33. The van der Waals surface area contributed by atoms with Crippen molar-refractivity contribution in [2.75, 3.05) is 26.2 Å². The molecule has 0 atom stereocenters. The number of hydrogen-bond donors (Lipinski definition) is 1. The molecule has 0 aromatic carbocycles. The van der Waals surface area contributed by atoms with E-state index >= 15 is 0 Å². The Morgan fingerprint density at radius 1 is 1.50 bits per heavy atom. The number of rotatable bonds is 1. The van der Waals surface area contributed by atoms with Gasteiger partial charge in [-0.2, -0.15) is 5.26 Å². The Labute approximate surface area is 72.2 Å². The number of hydrogen-bond acceptors (Lipinski definition) is 3. The van der Waals surface area contributed by atoms with Crippen LogP contribution in [0.3, 0.4) is 0 Å². The smallest absolute Gasteiger partial charge is 0.236 e. The fourth-order valence-corrected chi connectivity index (χ4v) is 1.27. The van der Waals surface area contributed by atoms with Crippen molar-refractivity contribution in [3.8, 4) is 6.07 Å². The summed E-state index contributed by atoms with van der Waals surface area (Å²) < 4.78 is 0. The van der Waals surface area contributed by atoms with Crippen molar-refractivity contribution in [2.45, 2.75) is 12.8 Å². The van der Waals surface area contributed by atoms with Gasteiger partial charge < -0.3 is 10.2 Å². The molecule has 1 fully saturated rings. The molecular weight excluding hydrogens is 154 g/mol. The van der Waals surface area contributed by atoms with Crippen LogP contribution in [0.25, 0.3) is 0 Å². The average molecular weight is 167 g/mol. The standard InChI is InChI=1S/C8H13N3O/c9-3-2-8(12)11-6-1-4-10-5-7-11/h10H,1-2,4-7H2. The largest absolute Gasteiger partial charge is 0.340 e. The van der Waals surface area contributed by atoms with E-state index in [1.54, 1.807) is 4.90 Å². The van der Waals surface area contributed by atoms with E-state index in [9.17, 15) is 4.79 Å². The van der Waals surface area contributed by atoms with Crippen LogP contribution in [0.1, 0.15) is 12.8 Å². The number of carbonyl (C=O) groups excluding carboxylic acids is 1. The molecule has 0 unspecified atom stereocenters. The first-order chi connectivity index (χ1) is 5.84. The van der Waals surface area contributed by atoms with Crippen LogP contribution in [0.5, 0.6) is 0 Å². The lowest BCUT2D eigenvalue weighted by atomic mass is 10.3. The van der Waals surface area contributed by atoms with Gasteiger partial charge >= 0.3 is 0 Å². The predicted molar refractivity (Wildman–Crippen MR) is 44.3 cm³/mol. The van der Waals surface area contributed by atoms with Gasteiger partial charge in [0.25, 0.3) is 0 Å². The van der Waals surface area contributed by atoms with Crippen molar-refractivity contribution >= 4 is 5.91 Å². The van der Waals surface area contributed by atoms with Crippen molar-refractivity contribution in [3.63, 3.8) is 0 Å². The van der Waals surface area contributed by atoms with Crippen molar-refractivity contribution in [1.29, 1.82) is 5.26 Å². The van der Waals surface area contributed by atoms with E-state index in [0.717, 1.165) is 32.6 Å². The first-order valence-corrected chi connectivity index (χ1v) is 4.20. The molecule has 1 amide bonds. The average Bonchev–Trinajstić information content (AvgIpc) is 2.32. The number of nitrogens with zero attached hydrogens (tertiary/aromatic N) is 2. The molecule has 0 aliphatic carbocycles. The molecule has 0 spiro atoms. The Hall–Kier alpha value is -1.08. The Kier molecular flexibility index (Phi) is 3.55. The molecule has 1 aliphatic heterocycles. The van der Waals surface area contributed by atoms with E-state index in [-0.39, 0.29) is 12.3 Å². The van der Waals surface area contributed by atoms with Gasteiger partial charge in [0.05, 0.1) is 6.07 Å². The SMILES string of the molecule is N#CCC(=O)N1CCCNCC1. The quantitative estimate of drug-likeness (QED) is 0.584. The molecule has 1 rings (SSSR count). The molecule has 12 heavy (non-hydrogen) atoms. The third-order valence-electron chi connectivity index (χ3n) is 1.92. The summed E-state index contributed by atoms with van der Waals surface area (Å²) >= 11 is 0. The molecule has 0 radical (unpaired) electrons. The van der Waals surface area contributed by atoms with Gasteiger partial charge in [0.15, 0.2) is 0 Å². The van der Waals surface area contributed by atoms with Crippen LogP contribution >= 0.6 is 0 Å². The molecule has 1 aliphatic rings. The maximum Gasteiger partial charge on any atom is 0.236 e. The lowest BCUT2D eigenvalue weighted by Crippen LogP contribution is -2.33. The van der Waals surface area contributed by atoms with Crippen molar-refractivity contribution in [3.05, 3.63) is 0 Å². The first-order valence-electron chi connectivity index (χ1n) is 4.20. The normalized spacial score (nSPS) is 18.1. The van der Waals surface area contributed by atoms with E-state index in [0.29, 0.717) is 0 Å². The van der Waals surface area contributed by atoms with Gasteiger partial charge in [-0.3, -0.25) is 4.79 Å². The van der Waals surface area contributed by atoms with Crippen molar-refractivity contribution < 1.29 is 4.79 Å². The van der Waals surface area contributed by atoms with Gasteiger partial charge in [-0.05, 0) is 13.0 Å². The monoisotopic (exact) mass is 167 g/mol. The molecule has 1 saturated heterocycles. The van der Waals surface area contributed by atoms with Gasteiger partial charge in [0.2, 0.25) is 5.91 Å². The summed E-state index contributed by atoms with van der Waals surface area (Å²) in [7, 11) is 0. The second kappa shape index (κ2) is 4.73. The predicted octanol–water partition coefficient (Wildman–Crippen LogP) is -0.278. The van der Waals surface area contributed by atoms with Crippen molar-refractivity contribution in [1.82, 2.24) is 10.2 Å². The molecule has 0 bridgehead atoms. The third kappa shape index (κ3) is 2.51. The molecule has 0 aromatic heterocycles. The highest BCUT2D eigenvalue weighted by molar-refractivity contribution is 5.78. The Morgan fingerprint density at radius 2 is 2.33 bits per heavy atom. The molecule has 1 heterocycles. The second-order valence-corrected chi connectivity index (χ2v) is 2.82. The summed E-state index contributed by atoms with van der Waals surface area (Å²) in [5, 5.41) is 11.5. The molecular formula is C8H13N3O. The minimum atomic E-state index is -0.0406. The molecule has 0 aromatic rings. The van der Waals surface area contributed by atoms with Gasteiger partial charge in [-0.15, -0.1) is 0 Å². The first kappa shape index (κ1) is 9.01. The summed E-state index contributed by atoms with van der Waals surface area (Å²) in [4.78, 5) is 13.0. The zero-order valence-corrected chi connectivity index (χ0v) is 7.05. The number of nitriles is 1. The molecule has 0 saturated carbocycles. The zero-order valence-electron chi connectivity index (χ0n) is 7.05. The number of nitrogens with one attached hydrogen (secondary N) is 1. The van der Waals surface area contributed by atoms with E-state index in [2.05, 4.69) is 5.32 Å². The topological polar surface area (TPSA) is 56.1 Å². The van der Waals surface area contributed by atoms with Crippen LogP contribution in [0.2, 0.25) is 0 Å². The van der Waals surface area contributed by atoms with Crippen LogP contribution < -0.4 is 5.32 Å². The van der Waals surface area contributed by atoms with Gasteiger partial charge in [-0.1, -0.05) is 0 Å². The van der Waals surface area contributed by atoms with Gasteiger partial charge in [-0.25, -0.2) is 0 Å². The number of carbonyl (C=O) groups is 1. The lowest BCUT2D eigenvalue weighted by Gasteiger charge is -2.17. The Morgan fingerprint density at radius 3 is 3.08 bits per heavy atom. The Balaban J connectivity index is 2.38. The summed E-state index contributed by atoms with van der Waals surface area (Å²) in [5.74, 6) is -0.0406. The molecule has 66 valence electrons. The van der Waals surface area contributed by atoms with Gasteiger partial charge in [0.1, 0.15) is 6.42 Å². The van der Waals surface area contributed by atoms with Gasteiger partial charge in [0, 0.05) is 19.6 Å². The zero-order chi connectivity index (χ0) is 8.81. The van der Waals surface area contributed by atoms with E-state index < -0.39 is 0 Å². The van der Waals surface area contributed by atoms with Crippen LogP contribution in [0.4, 0.5) is 0 Å². The lowest BCUT2D eigenvalue weighted by molar-refractivity contribution is -0.129. The molecule has 4 heteroatoms. The Bertz CT molecular complexity index is 189. The molecule has 1 N–H and O–H groups in total. The van der Waals surface area contributed by atoms with Crippen LogP contribution in [-0.4, -0.2) is 37.0 Å². The molecule has 4 nitrogen and oxygen atoms in total. The summed E-state index contributed by atoms with van der Waals surface area (Å²) in [5.41, 5.74) is 0. The maximum atomic E-state index is 11.2. The van der Waals surface area contributed by atoms with E-state index in [1.165, 1.54) is 0 Å². The fourth-order valence-electron chi connectivity index (χ4n) is 1.27. The van der Waals surface area contributed by atoms with E-state index in [1.807, 2.05) is 6.07 Å². The highest BCUT2D eigenvalue weighted by Gasteiger charge is 2.13. The van der Waals surface area contributed by atoms with Crippen LogP contribution in [0.15, 0.2) is 0 Å². The van der Waals surface area contributed by atoms with Crippen LogP contribution in [-0.2, 0) is 4.79 Å².